The van der Waals surface area contributed by atoms with Gasteiger partial charge in [-0.3, -0.25) is 4.79 Å². The molecular weight excluding hydrogens is 604 g/mol. The van der Waals surface area contributed by atoms with Gasteiger partial charge < -0.3 is 10.5 Å². The number of nitrogens with two attached hydrogens (primary N) is 1. The molecule has 0 bridgehead atoms. The number of carbonyl (C=O) groups is 1. The third-order valence-corrected chi connectivity index (χ3v) is 9.12. The van der Waals surface area contributed by atoms with Crippen LogP contribution in [-0.4, -0.2) is 28.0 Å². The van der Waals surface area contributed by atoms with Gasteiger partial charge in [-0.15, -0.1) is 0 Å². The smallest absolute Gasteiger partial charge is 0.268 e. The number of carbonyl (C=O) groups excluding carboxylic acids is 1. The Morgan fingerprint density at radius 2 is 1.59 bits per heavy atom. The highest BCUT2D eigenvalue weighted by atomic mass is 79.9. The number of ether oxygens (including phenoxy) is 1. The number of ketones is 1. The van der Waals surface area contributed by atoms with Crippen molar-refractivity contribution < 1.29 is 17.9 Å². The van der Waals surface area contributed by atoms with E-state index in [1.807, 2.05) is 43.3 Å². The largest absolute Gasteiger partial charge is 0.457 e. The van der Waals surface area contributed by atoms with E-state index in [0.717, 1.165) is 9.54 Å². The molecule has 8 nitrogen and oxygen atoms in total. The van der Waals surface area contributed by atoms with Crippen molar-refractivity contribution in [1.82, 2.24) is 13.8 Å². The van der Waals surface area contributed by atoms with Gasteiger partial charge in [-0.1, -0.05) is 58.4 Å². The number of halogens is 1. The minimum atomic E-state index is -4.13. The Labute approximate surface area is 244 Å². The fraction of sp³-hybridized carbons (Fsp3) is 0.0323. The van der Waals surface area contributed by atoms with Gasteiger partial charge >= 0.3 is 0 Å². The van der Waals surface area contributed by atoms with E-state index in [1.54, 1.807) is 54.6 Å². The van der Waals surface area contributed by atoms with Crippen LogP contribution in [0, 0.1) is 6.92 Å². The molecule has 0 aliphatic carbocycles. The zero-order chi connectivity index (χ0) is 28.7. The quantitative estimate of drug-likeness (QED) is 0.197. The summed E-state index contributed by atoms with van der Waals surface area (Å²) in [6, 6.07) is 29.6. The first-order chi connectivity index (χ1) is 19.8. The van der Waals surface area contributed by atoms with Gasteiger partial charge in [-0.25, -0.2) is 17.1 Å². The molecule has 6 rings (SSSR count). The Kier molecular flexibility index (Phi) is 6.72. The number of aromatic nitrogens is 3. The summed E-state index contributed by atoms with van der Waals surface area (Å²) in [5.41, 5.74) is 8.34. The first-order valence-electron chi connectivity index (χ1n) is 12.6. The predicted molar refractivity (Wildman–Crippen MR) is 161 cm³/mol. The average molecular weight is 628 g/mol. The van der Waals surface area contributed by atoms with Crippen LogP contribution in [-0.2, 0) is 10.0 Å². The molecule has 6 aromatic rings. The Morgan fingerprint density at radius 3 is 2.29 bits per heavy atom. The second kappa shape index (κ2) is 10.4. The Morgan fingerprint density at radius 1 is 0.878 bits per heavy atom. The molecule has 0 aliphatic rings. The predicted octanol–water partition coefficient (Wildman–Crippen LogP) is 6.74. The number of nitrogen functional groups attached to an aromatic ring is 1. The van der Waals surface area contributed by atoms with Gasteiger partial charge in [-0.05, 0) is 73.2 Å². The molecule has 41 heavy (non-hydrogen) atoms. The standard InChI is InChI=1S/C31H23BrN4O4S/c1-20-17-22(40-21-9-4-2-5-10-21)15-16-27(20)35-31(33)25(19-34-35)30(37)29-18-24-26(32)13-8-14-28(24)36(29)41(38,39)23-11-6-3-7-12-23/h2-19H,33H2,1H3. The normalized spacial score (nSPS) is 11.6. The number of anilines is 1. The lowest BCUT2D eigenvalue weighted by atomic mass is 10.1. The van der Waals surface area contributed by atoms with Gasteiger partial charge in [0.05, 0.1) is 27.9 Å². The summed E-state index contributed by atoms with van der Waals surface area (Å²) in [6.45, 7) is 1.89. The van der Waals surface area contributed by atoms with E-state index in [0.29, 0.717) is 32.6 Å². The van der Waals surface area contributed by atoms with Crippen LogP contribution in [0.1, 0.15) is 21.6 Å². The molecule has 0 spiro atoms. The molecule has 2 aromatic heterocycles. The van der Waals surface area contributed by atoms with Gasteiger partial charge in [-0.2, -0.15) is 5.10 Å². The van der Waals surface area contributed by atoms with Gasteiger partial charge in [0.2, 0.25) is 5.78 Å². The Balaban J connectivity index is 1.42. The molecule has 0 saturated heterocycles. The second-order valence-corrected chi connectivity index (χ2v) is 12.0. The first kappa shape index (κ1) is 26.5. The zero-order valence-corrected chi connectivity index (χ0v) is 24.1. The number of hydrogen-bond acceptors (Lipinski definition) is 6. The summed E-state index contributed by atoms with van der Waals surface area (Å²) in [5, 5.41) is 4.97. The third-order valence-electron chi connectivity index (χ3n) is 6.69. The van der Waals surface area contributed by atoms with Crippen LogP contribution in [0.4, 0.5) is 5.82 Å². The molecule has 0 unspecified atom stereocenters. The highest BCUT2D eigenvalue weighted by molar-refractivity contribution is 9.10. The van der Waals surface area contributed by atoms with Crippen LogP contribution in [0.25, 0.3) is 16.6 Å². The molecule has 0 saturated carbocycles. The minimum Gasteiger partial charge on any atom is -0.457 e. The lowest BCUT2D eigenvalue weighted by Gasteiger charge is -2.12. The number of fused-ring (bicyclic) bond motifs is 1. The maximum atomic E-state index is 14.0. The fourth-order valence-electron chi connectivity index (χ4n) is 4.70. The van der Waals surface area contributed by atoms with Crippen molar-refractivity contribution in [2.75, 3.05) is 5.73 Å². The van der Waals surface area contributed by atoms with Crippen molar-refractivity contribution in [2.24, 2.45) is 0 Å². The van der Waals surface area contributed by atoms with E-state index in [1.165, 1.54) is 23.0 Å². The van der Waals surface area contributed by atoms with E-state index in [2.05, 4.69) is 21.0 Å². The molecule has 0 radical (unpaired) electrons. The highest BCUT2D eigenvalue weighted by Gasteiger charge is 2.29. The van der Waals surface area contributed by atoms with Crippen LogP contribution in [0.5, 0.6) is 11.5 Å². The van der Waals surface area contributed by atoms with Crippen molar-refractivity contribution in [3.8, 4) is 17.2 Å². The van der Waals surface area contributed by atoms with Crippen LogP contribution in [0.3, 0.4) is 0 Å². The number of benzene rings is 4. The summed E-state index contributed by atoms with van der Waals surface area (Å²) >= 11 is 3.49. The molecule has 204 valence electrons. The Bertz CT molecular complexity index is 2040. The van der Waals surface area contributed by atoms with E-state index in [-0.39, 0.29) is 22.0 Å². The molecule has 10 heteroatoms. The van der Waals surface area contributed by atoms with Gasteiger partial charge in [0.25, 0.3) is 10.0 Å². The van der Waals surface area contributed by atoms with Crippen molar-refractivity contribution >= 4 is 48.5 Å². The van der Waals surface area contributed by atoms with E-state index in [4.69, 9.17) is 10.5 Å². The van der Waals surface area contributed by atoms with Gasteiger partial charge in [0.15, 0.2) is 0 Å². The lowest BCUT2D eigenvalue weighted by Crippen LogP contribution is -2.19. The average Bonchev–Trinajstić information content (AvgIpc) is 3.56. The second-order valence-electron chi connectivity index (χ2n) is 9.33. The van der Waals surface area contributed by atoms with Crippen molar-refractivity contribution in [1.29, 1.82) is 0 Å². The molecule has 0 fully saturated rings. The summed E-state index contributed by atoms with van der Waals surface area (Å²) < 4.78 is 36.8. The number of hydrogen-bond donors (Lipinski definition) is 1. The van der Waals surface area contributed by atoms with Gasteiger partial charge in [0.1, 0.15) is 23.0 Å². The summed E-state index contributed by atoms with van der Waals surface area (Å²) in [6.07, 6.45) is 1.36. The van der Waals surface area contributed by atoms with Crippen LogP contribution in [0.15, 0.2) is 119 Å². The number of para-hydroxylation sites is 1. The SMILES string of the molecule is Cc1cc(Oc2ccccc2)ccc1-n1ncc(C(=O)c2cc3c(Br)cccc3n2S(=O)(=O)c2ccccc2)c1N. The minimum absolute atomic E-state index is 0.0506. The molecule has 0 amide bonds. The van der Waals surface area contributed by atoms with Crippen molar-refractivity contribution in [3.63, 3.8) is 0 Å². The van der Waals surface area contributed by atoms with Crippen LogP contribution >= 0.6 is 15.9 Å². The van der Waals surface area contributed by atoms with E-state index >= 15 is 0 Å². The number of nitrogens with zero attached hydrogens (tertiary/aromatic N) is 3. The maximum Gasteiger partial charge on any atom is 0.268 e. The third kappa shape index (κ3) is 4.71. The van der Waals surface area contributed by atoms with Crippen LogP contribution < -0.4 is 10.5 Å². The monoisotopic (exact) mass is 626 g/mol. The molecule has 0 aliphatic heterocycles. The highest BCUT2D eigenvalue weighted by Crippen LogP contribution is 2.33. The van der Waals surface area contributed by atoms with E-state index in [9.17, 15) is 13.2 Å². The summed E-state index contributed by atoms with van der Waals surface area (Å²) in [5.74, 6) is 0.861. The van der Waals surface area contributed by atoms with Crippen LogP contribution in [0.2, 0.25) is 0 Å². The molecule has 0 atom stereocenters. The number of rotatable bonds is 7. The van der Waals surface area contributed by atoms with E-state index < -0.39 is 15.8 Å². The summed E-state index contributed by atoms with van der Waals surface area (Å²) in [7, 11) is -4.13. The Hall–Kier alpha value is -4.67. The topological polar surface area (TPSA) is 109 Å². The fourth-order valence-corrected chi connectivity index (χ4v) is 6.70. The summed E-state index contributed by atoms with van der Waals surface area (Å²) in [4.78, 5) is 14.0. The molecule has 4 aromatic carbocycles. The molecule has 2 heterocycles. The lowest BCUT2D eigenvalue weighted by molar-refractivity contribution is 0.103. The van der Waals surface area contributed by atoms with Gasteiger partial charge in [0, 0.05) is 9.86 Å². The maximum absolute atomic E-state index is 14.0. The van der Waals surface area contributed by atoms with Crippen molar-refractivity contribution in [3.05, 3.63) is 131 Å². The number of aryl methyl sites for hydroxylation is 1. The first-order valence-corrected chi connectivity index (χ1v) is 14.8. The molecule has 2 N–H and O–H groups in total. The van der Waals surface area contributed by atoms with Crippen molar-refractivity contribution in [2.45, 2.75) is 11.8 Å². The molecular formula is C31H23BrN4O4S. The zero-order valence-electron chi connectivity index (χ0n) is 21.7.